The first-order valence-electron chi connectivity index (χ1n) is 5.10. The first-order chi connectivity index (χ1) is 6.97. The SMILES string of the molecule is CC(CCl)CS(=O)(=O)N1CCOCC1C. The van der Waals surface area contributed by atoms with E-state index in [1.165, 1.54) is 4.31 Å². The van der Waals surface area contributed by atoms with E-state index in [0.717, 1.165) is 0 Å². The van der Waals surface area contributed by atoms with Crippen LogP contribution in [0.25, 0.3) is 0 Å². The van der Waals surface area contributed by atoms with Crippen LogP contribution in [0.1, 0.15) is 13.8 Å². The number of nitrogens with zero attached hydrogens (tertiary/aromatic N) is 1. The Balaban J connectivity index is 2.67. The second kappa shape index (κ2) is 5.48. The lowest BCUT2D eigenvalue weighted by atomic mass is 10.3. The Bertz CT molecular complexity index is 294. The van der Waals surface area contributed by atoms with Gasteiger partial charge in [-0.15, -0.1) is 11.6 Å². The van der Waals surface area contributed by atoms with Crippen molar-refractivity contribution in [2.45, 2.75) is 19.9 Å². The maximum absolute atomic E-state index is 12.0. The van der Waals surface area contributed by atoms with Crippen LogP contribution in [0.5, 0.6) is 0 Å². The number of sulfonamides is 1. The molecule has 1 heterocycles. The molecule has 1 fully saturated rings. The minimum absolute atomic E-state index is 0.00767. The van der Waals surface area contributed by atoms with Crippen molar-refractivity contribution in [2.24, 2.45) is 5.92 Å². The summed E-state index contributed by atoms with van der Waals surface area (Å²) in [5.74, 6) is 0.491. The highest BCUT2D eigenvalue weighted by molar-refractivity contribution is 7.89. The second-order valence-corrected chi connectivity index (χ2v) is 6.35. The normalized spacial score (nSPS) is 26.5. The van der Waals surface area contributed by atoms with Crippen molar-refractivity contribution in [3.05, 3.63) is 0 Å². The van der Waals surface area contributed by atoms with Crippen LogP contribution in [0.15, 0.2) is 0 Å². The largest absolute Gasteiger partial charge is 0.378 e. The van der Waals surface area contributed by atoms with Crippen molar-refractivity contribution in [3.63, 3.8) is 0 Å². The highest BCUT2D eigenvalue weighted by atomic mass is 35.5. The molecule has 2 atom stereocenters. The van der Waals surface area contributed by atoms with E-state index >= 15 is 0 Å². The average molecular weight is 256 g/mol. The molecule has 90 valence electrons. The van der Waals surface area contributed by atoms with Gasteiger partial charge in [-0.05, 0) is 12.8 Å². The summed E-state index contributed by atoms with van der Waals surface area (Å²) < 4.78 is 30.7. The van der Waals surface area contributed by atoms with Gasteiger partial charge in [0.05, 0.1) is 19.0 Å². The third-order valence-electron chi connectivity index (χ3n) is 2.42. The fourth-order valence-corrected chi connectivity index (χ4v) is 3.85. The van der Waals surface area contributed by atoms with Crippen molar-refractivity contribution in [3.8, 4) is 0 Å². The summed E-state index contributed by atoms with van der Waals surface area (Å²) in [5, 5.41) is 0. The molecule has 0 aromatic rings. The van der Waals surface area contributed by atoms with E-state index in [1.54, 1.807) is 0 Å². The fraction of sp³-hybridized carbons (Fsp3) is 1.00. The molecule has 1 rings (SSSR count). The molecular weight excluding hydrogens is 238 g/mol. The summed E-state index contributed by atoms with van der Waals surface area (Å²) in [7, 11) is -3.17. The molecule has 0 amide bonds. The second-order valence-electron chi connectivity index (χ2n) is 4.07. The number of halogens is 1. The molecule has 0 aromatic heterocycles. The third-order valence-corrected chi connectivity index (χ3v) is 5.20. The topological polar surface area (TPSA) is 46.6 Å². The summed E-state index contributed by atoms with van der Waals surface area (Å²) >= 11 is 5.63. The van der Waals surface area contributed by atoms with Gasteiger partial charge in [-0.2, -0.15) is 4.31 Å². The van der Waals surface area contributed by atoms with E-state index in [2.05, 4.69) is 0 Å². The maximum Gasteiger partial charge on any atom is 0.214 e. The summed E-state index contributed by atoms with van der Waals surface area (Å²) in [6.45, 7) is 5.13. The first-order valence-corrected chi connectivity index (χ1v) is 7.25. The number of hydrogen-bond donors (Lipinski definition) is 0. The van der Waals surface area contributed by atoms with Crippen molar-refractivity contribution in [2.75, 3.05) is 31.4 Å². The number of rotatable bonds is 4. The van der Waals surface area contributed by atoms with Crippen molar-refractivity contribution < 1.29 is 13.2 Å². The summed E-state index contributed by atoms with van der Waals surface area (Å²) in [6, 6.07) is -0.0636. The molecule has 0 N–H and O–H groups in total. The monoisotopic (exact) mass is 255 g/mol. The minimum atomic E-state index is -3.17. The lowest BCUT2D eigenvalue weighted by molar-refractivity contribution is 0.0392. The molecule has 1 saturated heterocycles. The predicted octanol–water partition coefficient (Wildman–Crippen LogP) is 0.912. The zero-order valence-electron chi connectivity index (χ0n) is 9.15. The van der Waals surface area contributed by atoms with Crippen LogP contribution >= 0.6 is 11.6 Å². The molecule has 15 heavy (non-hydrogen) atoms. The Hall–Kier alpha value is 0.160. The van der Waals surface area contributed by atoms with Crippen LogP contribution in [-0.2, 0) is 14.8 Å². The number of ether oxygens (including phenoxy) is 1. The lowest BCUT2D eigenvalue weighted by Gasteiger charge is -2.32. The van der Waals surface area contributed by atoms with E-state index in [9.17, 15) is 8.42 Å². The molecule has 4 nitrogen and oxygen atoms in total. The van der Waals surface area contributed by atoms with Crippen molar-refractivity contribution in [1.29, 1.82) is 0 Å². The van der Waals surface area contributed by atoms with Gasteiger partial charge in [0.25, 0.3) is 0 Å². The van der Waals surface area contributed by atoms with Gasteiger partial charge >= 0.3 is 0 Å². The van der Waals surface area contributed by atoms with Crippen molar-refractivity contribution >= 4 is 21.6 Å². The van der Waals surface area contributed by atoms with E-state index in [0.29, 0.717) is 25.6 Å². The third kappa shape index (κ3) is 3.59. The summed E-state index contributed by atoms with van der Waals surface area (Å²) in [5.41, 5.74) is 0. The Labute approximate surface area is 96.6 Å². The van der Waals surface area contributed by atoms with Gasteiger partial charge in [0.15, 0.2) is 0 Å². The van der Waals surface area contributed by atoms with Crippen LogP contribution in [0.2, 0.25) is 0 Å². The molecule has 2 unspecified atom stereocenters. The number of alkyl halides is 1. The Morgan fingerprint density at radius 3 is 2.80 bits per heavy atom. The van der Waals surface area contributed by atoms with Gasteiger partial charge < -0.3 is 4.74 Å². The Morgan fingerprint density at radius 2 is 2.27 bits per heavy atom. The van der Waals surface area contributed by atoms with Crippen LogP contribution in [0.4, 0.5) is 0 Å². The highest BCUT2D eigenvalue weighted by Gasteiger charge is 2.30. The molecular formula is C9H18ClNO3S. The van der Waals surface area contributed by atoms with Crippen LogP contribution in [0, 0.1) is 5.92 Å². The van der Waals surface area contributed by atoms with Gasteiger partial charge in [0.1, 0.15) is 0 Å². The number of morpholine rings is 1. The van der Waals surface area contributed by atoms with Gasteiger partial charge in [0, 0.05) is 18.5 Å². The van der Waals surface area contributed by atoms with Crippen LogP contribution in [-0.4, -0.2) is 50.2 Å². The molecule has 0 aromatic carbocycles. The van der Waals surface area contributed by atoms with Gasteiger partial charge in [0.2, 0.25) is 10.0 Å². The average Bonchev–Trinajstić information content (AvgIpc) is 2.17. The Kier molecular flexibility index (Phi) is 4.83. The van der Waals surface area contributed by atoms with E-state index in [-0.39, 0.29) is 17.7 Å². The smallest absolute Gasteiger partial charge is 0.214 e. The van der Waals surface area contributed by atoms with Crippen LogP contribution in [0.3, 0.4) is 0 Å². The van der Waals surface area contributed by atoms with Crippen molar-refractivity contribution in [1.82, 2.24) is 4.31 Å². The molecule has 0 spiro atoms. The molecule has 1 aliphatic rings. The zero-order valence-corrected chi connectivity index (χ0v) is 10.7. The molecule has 6 heteroatoms. The summed E-state index contributed by atoms with van der Waals surface area (Å²) in [4.78, 5) is 0. The minimum Gasteiger partial charge on any atom is -0.378 e. The summed E-state index contributed by atoms with van der Waals surface area (Å²) in [6.07, 6.45) is 0. The number of hydrogen-bond acceptors (Lipinski definition) is 3. The van der Waals surface area contributed by atoms with E-state index in [1.807, 2.05) is 13.8 Å². The van der Waals surface area contributed by atoms with E-state index < -0.39 is 10.0 Å². The van der Waals surface area contributed by atoms with Gasteiger partial charge in [-0.1, -0.05) is 6.92 Å². The van der Waals surface area contributed by atoms with Gasteiger partial charge in [-0.25, -0.2) is 8.42 Å². The predicted molar refractivity (Wildman–Crippen MR) is 60.7 cm³/mol. The standard InChI is InChI=1S/C9H18ClNO3S/c1-8(5-10)7-15(12,13)11-3-4-14-6-9(11)2/h8-9H,3-7H2,1-2H3. The molecule has 0 radical (unpaired) electrons. The lowest BCUT2D eigenvalue weighted by Crippen LogP contribution is -2.48. The van der Waals surface area contributed by atoms with Crippen LogP contribution < -0.4 is 0 Å². The molecule has 0 bridgehead atoms. The van der Waals surface area contributed by atoms with Gasteiger partial charge in [-0.3, -0.25) is 0 Å². The first kappa shape index (κ1) is 13.2. The molecule has 0 saturated carbocycles. The van der Waals surface area contributed by atoms with E-state index in [4.69, 9.17) is 16.3 Å². The molecule has 0 aliphatic carbocycles. The zero-order chi connectivity index (χ0) is 11.5. The Morgan fingerprint density at radius 1 is 1.60 bits per heavy atom. The molecule has 1 aliphatic heterocycles. The quantitative estimate of drug-likeness (QED) is 0.702. The highest BCUT2D eigenvalue weighted by Crippen LogP contribution is 2.15. The fourth-order valence-electron chi connectivity index (χ4n) is 1.63. The maximum atomic E-state index is 12.0.